The Hall–Kier alpha value is 0.465. The first-order chi connectivity index (χ1) is 2.41. The molecule has 0 bridgehead atoms. The van der Waals surface area contributed by atoms with E-state index in [-0.39, 0.29) is 0 Å². The molecule has 0 saturated heterocycles. The smallest absolute Gasteiger partial charge is 0.429 e. The SMILES string of the molecule is O[B]OCBr. The maximum Gasteiger partial charge on any atom is 0.485 e. The first-order valence-electron chi connectivity index (χ1n) is 1.05. The first kappa shape index (κ1) is 5.46. The third-order valence-electron chi connectivity index (χ3n) is 0.138. The standard InChI is InChI=1S/CH3BBrO2/c3-1-5-2-4/h4H,1H2. The van der Waals surface area contributed by atoms with Gasteiger partial charge in [-0.15, -0.1) is 0 Å². The topological polar surface area (TPSA) is 29.5 Å². The highest BCUT2D eigenvalue weighted by atomic mass is 79.9. The van der Waals surface area contributed by atoms with Crippen molar-refractivity contribution in [3.05, 3.63) is 0 Å². The zero-order valence-corrected chi connectivity index (χ0v) is 4.10. The largest absolute Gasteiger partial charge is 0.485 e. The second kappa shape index (κ2) is 4.46. The normalized spacial score (nSPS) is 7.60. The Morgan fingerprint density at radius 1 is 2.00 bits per heavy atom. The van der Waals surface area contributed by atoms with E-state index in [0.717, 1.165) is 0 Å². The molecule has 0 aromatic rings. The zero-order valence-electron chi connectivity index (χ0n) is 2.52. The molecule has 0 fully saturated rings. The molecule has 1 radical (unpaired) electrons. The molecule has 0 rings (SSSR count). The van der Waals surface area contributed by atoms with E-state index in [2.05, 4.69) is 20.6 Å². The average molecular weight is 138 g/mol. The van der Waals surface area contributed by atoms with Gasteiger partial charge in [0.15, 0.2) is 0 Å². The van der Waals surface area contributed by atoms with Crippen molar-refractivity contribution in [2.45, 2.75) is 0 Å². The Morgan fingerprint density at radius 2 is 2.60 bits per heavy atom. The minimum absolute atomic E-state index is 0.351. The van der Waals surface area contributed by atoms with Gasteiger partial charge < -0.3 is 9.68 Å². The van der Waals surface area contributed by atoms with Crippen LogP contribution in [0.25, 0.3) is 0 Å². The van der Waals surface area contributed by atoms with Crippen LogP contribution in [0.1, 0.15) is 0 Å². The van der Waals surface area contributed by atoms with E-state index in [4.69, 9.17) is 5.02 Å². The molecule has 0 aromatic carbocycles. The van der Waals surface area contributed by atoms with Crippen molar-refractivity contribution in [2.75, 3.05) is 5.52 Å². The Morgan fingerprint density at radius 3 is 2.60 bits per heavy atom. The summed E-state index contributed by atoms with van der Waals surface area (Å²) in [6.45, 7) is 0. The van der Waals surface area contributed by atoms with Crippen LogP contribution in [0.2, 0.25) is 0 Å². The van der Waals surface area contributed by atoms with E-state index in [1.54, 1.807) is 0 Å². The molecule has 1 N–H and O–H groups in total. The molecule has 2 nitrogen and oxygen atoms in total. The molecule has 0 spiro atoms. The molecular formula is CH3BBrO2. The van der Waals surface area contributed by atoms with E-state index in [9.17, 15) is 0 Å². The van der Waals surface area contributed by atoms with Crippen molar-refractivity contribution in [3.63, 3.8) is 0 Å². The first-order valence-corrected chi connectivity index (χ1v) is 2.17. The van der Waals surface area contributed by atoms with Crippen LogP contribution in [-0.2, 0) is 4.65 Å². The highest BCUT2D eigenvalue weighted by Crippen LogP contribution is 1.75. The van der Waals surface area contributed by atoms with Crippen molar-refractivity contribution >= 4 is 23.6 Å². The van der Waals surface area contributed by atoms with E-state index in [1.807, 2.05) is 0 Å². The highest BCUT2D eigenvalue weighted by molar-refractivity contribution is 9.09. The minimum Gasteiger partial charge on any atom is -0.429 e. The summed E-state index contributed by atoms with van der Waals surface area (Å²) in [5.74, 6) is 0. The molecular weight excluding hydrogens is 135 g/mol. The van der Waals surface area contributed by atoms with E-state index in [1.165, 1.54) is 0 Å². The third-order valence-corrected chi connectivity index (χ3v) is 0.402. The summed E-state index contributed by atoms with van der Waals surface area (Å²) in [5, 5.41) is 7.69. The van der Waals surface area contributed by atoms with E-state index in [0.29, 0.717) is 13.2 Å². The van der Waals surface area contributed by atoms with Crippen molar-refractivity contribution in [1.82, 2.24) is 0 Å². The Bertz CT molecular complexity index is 17.1. The fourth-order valence-corrected chi connectivity index (χ4v) is 0.146. The van der Waals surface area contributed by atoms with Crippen LogP contribution in [0.5, 0.6) is 0 Å². The van der Waals surface area contributed by atoms with Gasteiger partial charge in [-0.25, -0.2) is 0 Å². The fraction of sp³-hybridized carbons (Fsp3) is 1.00. The van der Waals surface area contributed by atoms with Crippen molar-refractivity contribution < 1.29 is 9.68 Å². The second-order valence-corrected chi connectivity index (χ2v) is 0.839. The Balaban J connectivity index is 2.19. The molecule has 0 aromatic heterocycles. The second-order valence-electron chi connectivity index (χ2n) is 0.381. The van der Waals surface area contributed by atoms with Crippen molar-refractivity contribution in [1.29, 1.82) is 0 Å². The van der Waals surface area contributed by atoms with Gasteiger partial charge in [-0.3, -0.25) is 0 Å². The third kappa shape index (κ3) is 4.46. The number of halogens is 1. The molecule has 29 valence electrons. The van der Waals surface area contributed by atoms with E-state index < -0.39 is 0 Å². The maximum atomic E-state index is 7.69. The van der Waals surface area contributed by atoms with Gasteiger partial charge in [0.05, 0.1) is 5.52 Å². The molecule has 0 aliphatic heterocycles. The lowest BCUT2D eigenvalue weighted by Gasteiger charge is -1.80. The predicted octanol–water partition coefficient (Wildman–Crippen LogP) is -0.118. The lowest BCUT2D eigenvalue weighted by molar-refractivity contribution is 0.347. The van der Waals surface area contributed by atoms with Crippen LogP contribution in [0.4, 0.5) is 0 Å². The van der Waals surface area contributed by atoms with Gasteiger partial charge in [-0.2, -0.15) is 0 Å². The predicted molar refractivity (Wildman–Crippen MR) is 22.9 cm³/mol. The fourth-order valence-electron chi connectivity index (χ4n) is 0.0282. The van der Waals surface area contributed by atoms with Gasteiger partial charge >= 0.3 is 7.69 Å². The molecule has 0 heterocycles. The molecule has 0 aliphatic carbocycles. The van der Waals surface area contributed by atoms with Gasteiger partial charge in [0.2, 0.25) is 0 Å². The van der Waals surface area contributed by atoms with Gasteiger partial charge in [0, 0.05) is 0 Å². The molecule has 0 saturated carbocycles. The average Bonchev–Trinajstić information content (AvgIpc) is 1.41. The van der Waals surface area contributed by atoms with Crippen LogP contribution in [0.15, 0.2) is 0 Å². The summed E-state index contributed by atoms with van der Waals surface area (Å²) >= 11 is 2.90. The number of alkyl halides is 1. The van der Waals surface area contributed by atoms with Crippen molar-refractivity contribution in [2.24, 2.45) is 0 Å². The van der Waals surface area contributed by atoms with Gasteiger partial charge in [-0.05, 0) is 0 Å². The molecule has 0 amide bonds. The van der Waals surface area contributed by atoms with Crippen LogP contribution in [-0.4, -0.2) is 18.2 Å². The summed E-state index contributed by atoms with van der Waals surface area (Å²) in [4.78, 5) is 0. The molecule has 0 atom stereocenters. The van der Waals surface area contributed by atoms with Gasteiger partial charge in [0.25, 0.3) is 0 Å². The number of rotatable bonds is 2. The Kier molecular flexibility index (Phi) is 4.88. The molecule has 0 unspecified atom stereocenters. The molecule has 4 heteroatoms. The highest BCUT2D eigenvalue weighted by Gasteiger charge is 1.75. The summed E-state index contributed by atoms with van der Waals surface area (Å²) < 4.78 is 4.18. The number of hydrogen-bond acceptors (Lipinski definition) is 2. The number of hydrogen-bond donors (Lipinski definition) is 1. The Labute approximate surface area is 39.6 Å². The van der Waals surface area contributed by atoms with Crippen molar-refractivity contribution in [3.8, 4) is 0 Å². The van der Waals surface area contributed by atoms with Crippen LogP contribution < -0.4 is 0 Å². The molecule has 0 aliphatic rings. The van der Waals surface area contributed by atoms with Crippen LogP contribution in [0, 0.1) is 0 Å². The van der Waals surface area contributed by atoms with Crippen LogP contribution in [0.3, 0.4) is 0 Å². The van der Waals surface area contributed by atoms with Gasteiger partial charge in [-0.1, -0.05) is 15.9 Å². The lowest BCUT2D eigenvalue weighted by Crippen LogP contribution is -1.91. The zero-order chi connectivity index (χ0) is 4.12. The van der Waals surface area contributed by atoms with Crippen LogP contribution >= 0.6 is 15.9 Å². The summed E-state index contributed by atoms with van der Waals surface area (Å²) in [6.07, 6.45) is 0. The summed E-state index contributed by atoms with van der Waals surface area (Å²) in [5.41, 5.74) is 0.351. The lowest BCUT2D eigenvalue weighted by atomic mass is 10.4. The maximum absolute atomic E-state index is 7.69. The minimum atomic E-state index is 0.351. The molecule has 5 heavy (non-hydrogen) atoms. The quantitative estimate of drug-likeness (QED) is 0.425. The summed E-state index contributed by atoms with van der Waals surface area (Å²) in [6, 6.07) is 0. The monoisotopic (exact) mass is 137 g/mol. The van der Waals surface area contributed by atoms with Gasteiger partial charge in [0.1, 0.15) is 0 Å². The summed E-state index contributed by atoms with van der Waals surface area (Å²) in [7, 11) is 0.634. The van der Waals surface area contributed by atoms with E-state index >= 15 is 0 Å².